The van der Waals surface area contributed by atoms with Gasteiger partial charge in [-0.2, -0.15) is 0 Å². The molecule has 0 spiro atoms. The normalized spacial score (nSPS) is 18.2. The molecule has 1 aromatic rings. The van der Waals surface area contributed by atoms with E-state index in [2.05, 4.69) is 9.72 Å². The van der Waals surface area contributed by atoms with Crippen LogP contribution in [0.2, 0.25) is 0 Å². The molecule has 0 aliphatic heterocycles. The van der Waals surface area contributed by atoms with E-state index < -0.39 is 0 Å². The predicted molar refractivity (Wildman–Crippen MR) is 74.2 cm³/mol. The minimum absolute atomic E-state index is 0.216. The van der Waals surface area contributed by atoms with Crippen molar-refractivity contribution in [2.75, 3.05) is 13.7 Å². The number of rotatable bonds is 5. The summed E-state index contributed by atoms with van der Waals surface area (Å²) in [6.45, 7) is 2.73. The number of nitrogens with zero attached hydrogens (tertiary/aromatic N) is 1. The molecule has 19 heavy (non-hydrogen) atoms. The molecule has 0 unspecified atom stereocenters. The van der Waals surface area contributed by atoms with Gasteiger partial charge in [-0.1, -0.05) is 19.3 Å². The molecular formula is C14H21NO3S. The van der Waals surface area contributed by atoms with Gasteiger partial charge in [0.15, 0.2) is 0 Å². The number of thiazole rings is 1. The van der Waals surface area contributed by atoms with Crippen molar-refractivity contribution in [2.24, 2.45) is 0 Å². The molecule has 4 nitrogen and oxygen atoms in total. The van der Waals surface area contributed by atoms with Crippen LogP contribution >= 0.6 is 11.3 Å². The summed E-state index contributed by atoms with van der Waals surface area (Å²) in [5, 5.41) is 2.97. The fourth-order valence-corrected chi connectivity index (χ4v) is 3.67. The van der Waals surface area contributed by atoms with E-state index in [1.54, 1.807) is 11.3 Å². The summed E-state index contributed by atoms with van der Waals surface area (Å²) in [6.07, 6.45) is 5.96. The van der Waals surface area contributed by atoms with Crippen LogP contribution in [0, 0.1) is 0 Å². The van der Waals surface area contributed by atoms with Gasteiger partial charge in [0.05, 0.1) is 19.2 Å². The summed E-state index contributed by atoms with van der Waals surface area (Å²) in [5.41, 5.74) is 0.572. The van der Waals surface area contributed by atoms with Gasteiger partial charge in [-0.3, -0.25) is 4.79 Å². The first-order valence-corrected chi connectivity index (χ1v) is 7.74. The summed E-state index contributed by atoms with van der Waals surface area (Å²) < 4.78 is 10.7. The lowest BCUT2D eigenvalue weighted by atomic mass is 9.85. The average Bonchev–Trinajstić information content (AvgIpc) is 2.89. The van der Waals surface area contributed by atoms with Crippen LogP contribution in [0.5, 0.6) is 0 Å². The highest BCUT2D eigenvalue weighted by atomic mass is 32.1. The molecule has 0 bridgehead atoms. The zero-order valence-electron chi connectivity index (χ0n) is 11.6. The smallest absolute Gasteiger partial charge is 0.311 e. The Hall–Kier alpha value is -0.940. The summed E-state index contributed by atoms with van der Waals surface area (Å²) in [5.74, 6) is -0.244. The van der Waals surface area contributed by atoms with E-state index in [-0.39, 0.29) is 18.0 Å². The molecule has 0 saturated heterocycles. The zero-order valence-corrected chi connectivity index (χ0v) is 12.4. The molecule has 1 aromatic heterocycles. The average molecular weight is 283 g/mol. The van der Waals surface area contributed by atoms with Crippen LogP contribution in [0.15, 0.2) is 5.38 Å². The van der Waals surface area contributed by atoms with Crippen LogP contribution in [-0.2, 0) is 26.3 Å². The zero-order chi connectivity index (χ0) is 13.7. The molecular weight excluding hydrogens is 262 g/mol. The van der Waals surface area contributed by atoms with Crippen molar-refractivity contribution in [1.29, 1.82) is 0 Å². The van der Waals surface area contributed by atoms with Gasteiger partial charge < -0.3 is 9.47 Å². The summed E-state index contributed by atoms with van der Waals surface area (Å²) in [7, 11) is 1.40. The van der Waals surface area contributed by atoms with E-state index in [0.29, 0.717) is 6.61 Å². The van der Waals surface area contributed by atoms with Crippen molar-refractivity contribution in [3.05, 3.63) is 16.1 Å². The van der Waals surface area contributed by atoms with Crippen LogP contribution in [0.3, 0.4) is 0 Å². The molecule has 0 atom stereocenters. The fourth-order valence-electron chi connectivity index (χ4n) is 2.64. The minimum Gasteiger partial charge on any atom is -0.469 e. The van der Waals surface area contributed by atoms with Gasteiger partial charge in [-0.05, 0) is 19.8 Å². The van der Waals surface area contributed by atoms with Crippen LogP contribution in [0.25, 0.3) is 0 Å². The lowest BCUT2D eigenvalue weighted by Crippen LogP contribution is -2.32. The van der Waals surface area contributed by atoms with E-state index in [0.717, 1.165) is 23.5 Å². The number of carbonyl (C=O) groups excluding carboxylic acids is 1. The van der Waals surface area contributed by atoms with Gasteiger partial charge in [0.2, 0.25) is 0 Å². The van der Waals surface area contributed by atoms with Crippen molar-refractivity contribution >= 4 is 17.3 Å². The van der Waals surface area contributed by atoms with Crippen molar-refractivity contribution in [1.82, 2.24) is 4.98 Å². The number of esters is 1. The first kappa shape index (κ1) is 14.5. The Morgan fingerprint density at radius 2 is 2.16 bits per heavy atom. The quantitative estimate of drug-likeness (QED) is 0.779. The van der Waals surface area contributed by atoms with E-state index in [9.17, 15) is 4.79 Å². The van der Waals surface area contributed by atoms with E-state index in [4.69, 9.17) is 4.74 Å². The highest BCUT2D eigenvalue weighted by Crippen LogP contribution is 2.41. The Balaban J connectivity index is 2.15. The van der Waals surface area contributed by atoms with Crippen LogP contribution in [0.4, 0.5) is 0 Å². The van der Waals surface area contributed by atoms with Crippen molar-refractivity contribution in [3.63, 3.8) is 0 Å². The van der Waals surface area contributed by atoms with Crippen molar-refractivity contribution < 1.29 is 14.3 Å². The molecule has 1 aliphatic rings. The van der Waals surface area contributed by atoms with E-state index in [1.165, 1.54) is 26.4 Å². The summed E-state index contributed by atoms with van der Waals surface area (Å²) >= 11 is 1.60. The predicted octanol–water partition coefficient (Wildman–Crippen LogP) is 3.05. The molecule has 0 radical (unpaired) electrons. The Kier molecular flexibility index (Phi) is 4.93. The fraction of sp³-hybridized carbons (Fsp3) is 0.714. The number of aromatic nitrogens is 1. The molecule has 1 aliphatic carbocycles. The number of ether oxygens (including phenoxy) is 2. The van der Waals surface area contributed by atoms with Gasteiger partial charge in [-0.25, -0.2) is 4.98 Å². The number of methoxy groups -OCH3 is 1. The Labute approximate surface area is 118 Å². The van der Waals surface area contributed by atoms with Gasteiger partial charge in [0.25, 0.3) is 0 Å². The minimum atomic E-state index is -0.244. The van der Waals surface area contributed by atoms with Gasteiger partial charge in [-0.15, -0.1) is 11.3 Å². The van der Waals surface area contributed by atoms with Gasteiger partial charge >= 0.3 is 5.97 Å². The number of hydrogen-bond donors (Lipinski definition) is 0. The Morgan fingerprint density at radius 1 is 1.42 bits per heavy atom. The standard InChI is InChI=1S/C14H21NO3S/c1-3-18-14(7-5-4-6-8-14)13-15-11(10-19-13)9-12(16)17-2/h10H,3-9H2,1-2H3. The highest BCUT2D eigenvalue weighted by molar-refractivity contribution is 7.09. The van der Waals surface area contributed by atoms with Gasteiger partial charge in [0.1, 0.15) is 10.6 Å². The van der Waals surface area contributed by atoms with Crippen molar-refractivity contribution in [3.8, 4) is 0 Å². The SMILES string of the molecule is CCOC1(c2nc(CC(=O)OC)cs2)CCCCC1. The number of hydrogen-bond acceptors (Lipinski definition) is 5. The lowest BCUT2D eigenvalue weighted by Gasteiger charge is -2.35. The third kappa shape index (κ3) is 3.34. The third-order valence-corrected chi connectivity index (χ3v) is 4.65. The maximum Gasteiger partial charge on any atom is 0.311 e. The van der Waals surface area contributed by atoms with Gasteiger partial charge in [0, 0.05) is 12.0 Å². The second kappa shape index (κ2) is 6.48. The molecule has 1 heterocycles. The topological polar surface area (TPSA) is 48.4 Å². The second-order valence-corrected chi connectivity index (χ2v) is 5.74. The molecule has 106 valence electrons. The molecule has 0 aromatic carbocycles. The summed E-state index contributed by atoms with van der Waals surface area (Å²) in [6, 6.07) is 0. The molecule has 1 saturated carbocycles. The molecule has 0 N–H and O–H groups in total. The van der Waals surface area contributed by atoms with Crippen molar-refractivity contribution in [2.45, 2.75) is 51.0 Å². The maximum atomic E-state index is 11.3. The number of carbonyl (C=O) groups is 1. The second-order valence-electron chi connectivity index (χ2n) is 4.88. The maximum absolute atomic E-state index is 11.3. The first-order valence-electron chi connectivity index (χ1n) is 6.86. The molecule has 2 rings (SSSR count). The monoisotopic (exact) mass is 283 g/mol. The molecule has 1 fully saturated rings. The lowest BCUT2D eigenvalue weighted by molar-refractivity contribution is -0.139. The van der Waals surface area contributed by atoms with Crippen LogP contribution in [0.1, 0.15) is 49.7 Å². The Morgan fingerprint density at radius 3 is 2.79 bits per heavy atom. The summed E-state index contributed by atoms with van der Waals surface area (Å²) in [4.78, 5) is 15.9. The first-order chi connectivity index (χ1) is 9.20. The van der Waals surface area contributed by atoms with Crippen LogP contribution in [-0.4, -0.2) is 24.7 Å². The van der Waals surface area contributed by atoms with Crippen LogP contribution < -0.4 is 0 Å². The molecule has 5 heteroatoms. The third-order valence-electron chi connectivity index (χ3n) is 3.58. The Bertz CT molecular complexity index is 419. The van der Waals surface area contributed by atoms with E-state index >= 15 is 0 Å². The largest absolute Gasteiger partial charge is 0.469 e. The highest BCUT2D eigenvalue weighted by Gasteiger charge is 2.37. The van der Waals surface area contributed by atoms with E-state index in [1.807, 2.05) is 12.3 Å². The molecule has 0 amide bonds.